The van der Waals surface area contributed by atoms with E-state index in [0.29, 0.717) is 30.0 Å². The van der Waals surface area contributed by atoms with Gasteiger partial charge in [0.2, 0.25) is 11.8 Å². The van der Waals surface area contributed by atoms with E-state index in [1.165, 1.54) is 24.3 Å². The summed E-state index contributed by atoms with van der Waals surface area (Å²) in [6, 6.07) is 7.97. The Morgan fingerprint density at radius 2 is 1.57 bits per heavy atom. The monoisotopic (exact) mass is 610 g/mol. The van der Waals surface area contributed by atoms with Gasteiger partial charge in [0.25, 0.3) is 0 Å². The van der Waals surface area contributed by atoms with Crippen molar-refractivity contribution in [3.8, 4) is 0 Å². The number of aliphatic carboxylic acids is 1. The molecule has 44 heavy (non-hydrogen) atoms. The first kappa shape index (κ1) is 31.6. The van der Waals surface area contributed by atoms with Gasteiger partial charge in [0, 0.05) is 18.8 Å². The second-order valence-corrected chi connectivity index (χ2v) is 13.5. The highest BCUT2D eigenvalue weighted by Crippen LogP contribution is 2.43. The first-order valence-corrected chi connectivity index (χ1v) is 15.2. The maximum Gasteiger partial charge on any atom is 0.328 e. The number of carbonyl (C=O) groups is 4. The number of carbonyl (C=O) groups excluding carboxylic acids is 3. The molecule has 2 fully saturated rings. The molecule has 4 aliphatic rings. The second-order valence-electron chi connectivity index (χ2n) is 13.5. The summed E-state index contributed by atoms with van der Waals surface area (Å²) in [6.07, 6.45) is 4.20. The fourth-order valence-electron chi connectivity index (χ4n) is 6.62. The lowest BCUT2D eigenvalue weighted by atomic mass is 9.68. The average molecular weight is 611 g/mol. The van der Waals surface area contributed by atoms with Crippen LogP contribution in [0.1, 0.15) is 70.9 Å². The number of carboxylic acid groups (broad SMARTS) is 1. The second kappa shape index (κ2) is 11.6. The van der Waals surface area contributed by atoms with Crippen LogP contribution in [0.3, 0.4) is 0 Å². The number of nitrogens with zero attached hydrogens (tertiary/aromatic N) is 2. The van der Waals surface area contributed by atoms with Gasteiger partial charge in [-0.15, -0.1) is 0 Å². The van der Waals surface area contributed by atoms with Crippen LogP contribution < -0.4 is 15.5 Å². The van der Waals surface area contributed by atoms with Crippen molar-refractivity contribution < 1.29 is 33.1 Å². The number of hydrogen-bond donors (Lipinski definition) is 3. The van der Waals surface area contributed by atoms with Crippen molar-refractivity contribution in [1.29, 1.82) is 0 Å². The predicted molar refractivity (Wildman–Crippen MR) is 161 cm³/mol. The van der Waals surface area contributed by atoms with Gasteiger partial charge in [-0.05, 0) is 108 Å². The minimum absolute atomic E-state index is 0.0758. The first-order valence-electron chi connectivity index (χ1n) is 15.2. The highest BCUT2D eigenvalue weighted by atomic mass is 19.1. The van der Waals surface area contributed by atoms with Crippen molar-refractivity contribution in [2.45, 2.75) is 70.6 Å². The molecule has 0 bridgehead atoms. The molecule has 3 aliphatic heterocycles. The Labute approximate surface area is 256 Å². The lowest BCUT2D eigenvalue weighted by molar-refractivity contribution is -0.156. The van der Waals surface area contributed by atoms with Crippen molar-refractivity contribution >= 4 is 35.2 Å². The zero-order valence-corrected chi connectivity index (χ0v) is 25.6. The molecule has 11 heteroatoms. The van der Waals surface area contributed by atoms with E-state index in [-0.39, 0.29) is 23.5 Å². The molecule has 236 valence electrons. The Hall–Kier alpha value is -3.86. The molecule has 0 spiro atoms. The summed E-state index contributed by atoms with van der Waals surface area (Å²) in [7, 11) is 0. The predicted octanol–water partition coefficient (Wildman–Crippen LogP) is 5.18. The van der Waals surface area contributed by atoms with E-state index in [4.69, 9.17) is 0 Å². The third-order valence-electron chi connectivity index (χ3n) is 9.83. The number of likely N-dealkylation sites (tertiary alicyclic amines) is 1. The zero-order valence-electron chi connectivity index (χ0n) is 25.6. The van der Waals surface area contributed by atoms with E-state index in [0.717, 1.165) is 55.7 Å². The summed E-state index contributed by atoms with van der Waals surface area (Å²) in [6.45, 7) is 9.77. The van der Waals surface area contributed by atoms with Gasteiger partial charge in [-0.3, -0.25) is 14.4 Å². The van der Waals surface area contributed by atoms with Crippen LogP contribution in [0.25, 0.3) is 0 Å². The number of hydrogen-bond acceptors (Lipinski definition) is 5. The molecular weight excluding hydrogens is 570 g/mol. The van der Waals surface area contributed by atoms with Gasteiger partial charge in [-0.1, -0.05) is 18.6 Å². The molecule has 1 saturated carbocycles. The van der Waals surface area contributed by atoms with Crippen LogP contribution in [0, 0.1) is 23.0 Å². The number of anilines is 2. The van der Waals surface area contributed by atoms with Crippen LogP contribution in [0.2, 0.25) is 0 Å². The Morgan fingerprint density at radius 3 is 2.16 bits per heavy atom. The number of amides is 4. The van der Waals surface area contributed by atoms with E-state index in [2.05, 4.69) is 15.5 Å². The van der Waals surface area contributed by atoms with Gasteiger partial charge in [0.05, 0.1) is 21.9 Å². The number of imide groups is 1. The molecule has 1 saturated heterocycles. The standard InChI is InChI=1S/C23H30FN3O4.C10H10FNO/c1-22(2)17-5-4-16(24)12-18(17)27(19(22)28)21(31)25-13-15-6-10-26(11-7-15)14-23(20(29)30)8-3-9-23;1-10(2)7-4-3-6(11)5-8(7)12-9(10)13/h4-5,12,15H,3,6-11,13-14H2,1-2H3,(H,25,31)(H,29,30);3-5H,1-2H3,(H,12,13). The van der Waals surface area contributed by atoms with Crippen LogP contribution in [0.15, 0.2) is 36.4 Å². The lowest BCUT2D eigenvalue weighted by Crippen LogP contribution is -2.51. The molecule has 2 aromatic carbocycles. The highest BCUT2D eigenvalue weighted by Gasteiger charge is 2.48. The van der Waals surface area contributed by atoms with Gasteiger partial charge in [-0.25, -0.2) is 18.5 Å². The third-order valence-corrected chi connectivity index (χ3v) is 9.83. The van der Waals surface area contributed by atoms with Gasteiger partial charge in [0.1, 0.15) is 11.6 Å². The zero-order chi connectivity index (χ0) is 32.0. The van der Waals surface area contributed by atoms with Gasteiger partial charge in [-0.2, -0.15) is 0 Å². The van der Waals surface area contributed by atoms with Crippen LogP contribution in [0.5, 0.6) is 0 Å². The van der Waals surface area contributed by atoms with E-state index in [1.807, 2.05) is 13.8 Å². The highest BCUT2D eigenvalue weighted by molar-refractivity contribution is 6.22. The van der Waals surface area contributed by atoms with Crippen molar-refractivity contribution in [3.05, 3.63) is 59.2 Å². The number of nitrogens with one attached hydrogen (secondary N) is 2. The van der Waals surface area contributed by atoms with E-state index < -0.39 is 34.1 Å². The Kier molecular flexibility index (Phi) is 8.30. The molecular formula is C33H40F2N4O5. The third kappa shape index (κ3) is 5.69. The van der Waals surface area contributed by atoms with Crippen LogP contribution in [-0.4, -0.2) is 60.0 Å². The minimum atomic E-state index is -0.882. The largest absolute Gasteiger partial charge is 0.481 e. The maximum atomic E-state index is 13.8. The number of fused-ring (bicyclic) bond motifs is 2. The van der Waals surface area contributed by atoms with E-state index in [9.17, 15) is 33.1 Å². The maximum absolute atomic E-state index is 13.8. The Balaban J connectivity index is 0.000000245. The van der Waals surface area contributed by atoms with E-state index in [1.54, 1.807) is 26.0 Å². The molecule has 3 heterocycles. The van der Waals surface area contributed by atoms with E-state index >= 15 is 0 Å². The topological polar surface area (TPSA) is 119 Å². The molecule has 6 rings (SSSR count). The summed E-state index contributed by atoms with van der Waals surface area (Å²) >= 11 is 0. The molecule has 0 aromatic heterocycles. The summed E-state index contributed by atoms with van der Waals surface area (Å²) < 4.78 is 26.6. The van der Waals surface area contributed by atoms with Gasteiger partial charge >= 0.3 is 12.0 Å². The van der Waals surface area contributed by atoms with Crippen LogP contribution >= 0.6 is 0 Å². The molecule has 9 nitrogen and oxygen atoms in total. The average Bonchev–Trinajstić information content (AvgIpc) is 3.28. The number of carboxylic acids is 1. The summed E-state index contributed by atoms with van der Waals surface area (Å²) in [4.78, 5) is 52.0. The molecule has 1 aliphatic carbocycles. The fraction of sp³-hybridized carbons (Fsp3) is 0.515. The molecule has 0 radical (unpaired) electrons. The molecule has 0 unspecified atom stereocenters. The lowest BCUT2D eigenvalue weighted by Gasteiger charge is -2.43. The number of piperidine rings is 1. The van der Waals surface area contributed by atoms with Crippen LogP contribution in [-0.2, 0) is 25.2 Å². The number of urea groups is 1. The molecule has 0 atom stereocenters. The van der Waals surface area contributed by atoms with Crippen molar-refractivity contribution in [3.63, 3.8) is 0 Å². The van der Waals surface area contributed by atoms with Gasteiger partial charge < -0.3 is 20.6 Å². The molecule has 2 aromatic rings. The quantitative estimate of drug-likeness (QED) is 0.429. The first-order chi connectivity index (χ1) is 20.7. The molecule has 4 amide bonds. The number of halogens is 2. The SMILES string of the molecule is CC1(C)C(=O)N(C(=O)NCC2CCN(CC3(C(=O)O)CCC3)CC2)c2cc(F)ccc21.CC1(C)C(=O)Nc2cc(F)ccc21. The van der Waals surface area contributed by atoms with Crippen LogP contribution in [0.4, 0.5) is 25.0 Å². The number of benzene rings is 2. The smallest absolute Gasteiger partial charge is 0.328 e. The van der Waals surface area contributed by atoms with Crippen molar-refractivity contribution in [1.82, 2.24) is 10.2 Å². The Bertz CT molecular complexity index is 1490. The minimum Gasteiger partial charge on any atom is -0.481 e. The van der Waals surface area contributed by atoms with Gasteiger partial charge in [0.15, 0.2) is 0 Å². The summed E-state index contributed by atoms with van der Waals surface area (Å²) in [5.74, 6) is -1.67. The Morgan fingerprint density at radius 1 is 0.955 bits per heavy atom. The normalized spacial score (nSPS) is 21.4. The molecule has 3 N–H and O–H groups in total. The number of rotatable bonds is 5. The summed E-state index contributed by atoms with van der Waals surface area (Å²) in [5, 5.41) is 15.0. The fourth-order valence-corrected chi connectivity index (χ4v) is 6.62. The summed E-state index contributed by atoms with van der Waals surface area (Å²) in [5.41, 5.74) is 0.407. The van der Waals surface area contributed by atoms with Crippen molar-refractivity contribution in [2.75, 3.05) is 36.4 Å². The van der Waals surface area contributed by atoms with Crippen molar-refractivity contribution in [2.24, 2.45) is 11.3 Å².